The summed E-state index contributed by atoms with van der Waals surface area (Å²) in [4.78, 5) is 0. The van der Waals surface area contributed by atoms with Crippen LogP contribution in [0.4, 0.5) is 14.8 Å². The van der Waals surface area contributed by atoms with Crippen LogP contribution in [0.15, 0.2) is 22.6 Å². The van der Waals surface area contributed by atoms with Gasteiger partial charge in [0.1, 0.15) is 11.6 Å². The first-order valence-corrected chi connectivity index (χ1v) is 6.13. The second-order valence-corrected chi connectivity index (χ2v) is 4.61. The predicted octanol–water partition coefficient (Wildman–Crippen LogP) is 2.06. The van der Waals surface area contributed by atoms with E-state index in [2.05, 4.69) is 15.5 Å². The minimum absolute atomic E-state index is 0.107. The molecule has 2 aromatic rings. The van der Waals surface area contributed by atoms with E-state index in [0.717, 1.165) is 6.07 Å². The number of aromatic nitrogens is 2. The highest BCUT2D eigenvalue weighted by molar-refractivity contribution is 5.22. The van der Waals surface area contributed by atoms with Gasteiger partial charge in [-0.25, -0.2) is 8.78 Å². The number of benzene rings is 1. The molecule has 0 amide bonds. The Balaban J connectivity index is 1.98. The van der Waals surface area contributed by atoms with Crippen molar-refractivity contribution in [2.24, 2.45) is 0 Å². The molecule has 2 atom stereocenters. The fourth-order valence-electron chi connectivity index (χ4n) is 1.79. The number of rotatable bonds is 5. The van der Waals surface area contributed by atoms with E-state index in [1.54, 1.807) is 13.8 Å². The maximum Gasteiger partial charge on any atom is 0.315 e. The molecule has 0 aliphatic rings. The highest BCUT2D eigenvalue weighted by Crippen LogP contribution is 2.14. The molecule has 0 spiro atoms. The van der Waals surface area contributed by atoms with Gasteiger partial charge in [0.25, 0.3) is 0 Å². The van der Waals surface area contributed by atoms with Gasteiger partial charge in [0, 0.05) is 19.4 Å². The Kier molecular flexibility index (Phi) is 4.29. The highest BCUT2D eigenvalue weighted by Gasteiger charge is 2.17. The smallest absolute Gasteiger partial charge is 0.315 e. The van der Waals surface area contributed by atoms with Gasteiger partial charge in [0.05, 0.1) is 12.1 Å². The zero-order valence-electron chi connectivity index (χ0n) is 11.1. The van der Waals surface area contributed by atoms with Crippen LogP contribution in [0.2, 0.25) is 0 Å². The average molecular weight is 283 g/mol. The molecule has 0 aliphatic heterocycles. The number of nitrogens with zero attached hydrogens (tertiary/aromatic N) is 2. The molecule has 5 nitrogen and oxygen atoms in total. The molecular weight excluding hydrogens is 268 g/mol. The fraction of sp³-hybridized carbons (Fsp3) is 0.385. The van der Waals surface area contributed by atoms with Crippen LogP contribution >= 0.6 is 0 Å². The molecule has 108 valence electrons. The van der Waals surface area contributed by atoms with Crippen LogP contribution in [0, 0.1) is 18.6 Å². The maximum atomic E-state index is 13.1. The summed E-state index contributed by atoms with van der Waals surface area (Å²) in [5.74, 6) is -0.929. The Morgan fingerprint density at radius 2 is 1.90 bits per heavy atom. The Hall–Kier alpha value is -2.02. The van der Waals surface area contributed by atoms with Crippen molar-refractivity contribution in [3.8, 4) is 0 Å². The average Bonchev–Trinajstić information content (AvgIpc) is 2.73. The Morgan fingerprint density at radius 3 is 2.45 bits per heavy atom. The molecule has 20 heavy (non-hydrogen) atoms. The number of aryl methyl sites for hydroxylation is 1. The number of halogens is 2. The third-order valence-corrected chi connectivity index (χ3v) is 2.82. The summed E-state index contributed by atoms with van der Waals surface area (Å²) in [6, 6.07) is 2.95. The summed E-state index contributed by atoms with van der Waals surface area (Å²) < 4.78 is 31.2. The summed E-state index contributed by atoms with van der Waals surface area (Å²) in [7, 11) is 0. The van der Waals surface area contributed by atoms with E-state index in [-0.39, 0.29) is 12.4 Å². The number of aliphatic hydroxyl groups is 1. The summed E-state index contributed by atoms with van der Waals surface area (Å²) in [6.07, 6.45) is -0.751. The zero-order chi connectivity index (χ0) is 14.7. The molecule has 0 saturated carbocycles. The van der Waals surface area contributed by atoms with Gasteiger partial charge in [0.15, 0.2) is 0 Å². The summed E-state index contributed by atoms with van der Waals surface area (Å²) >= 11 is 0. The number of nitrogens with one attached hydrogen (secondary N) is 1. The largest absolute Gasteiger partial charge is 0.408 e. The molecule has 0 bridgehead atoms. The van der Waals surface area contributed by atoms with Crippen molar-refractivity contribution in [3.63, 3.8) is 0 Å². The second kappa shape index (κ2) is 5.96. The first kappa shape index (κ1) is 14.4. The molecule has 2 rings (SSSR count). The zero-order valence-corrected chi connectivity index (χ0v) is 11.1. The van der Waals surface area contributed by atoms with E-state index in [0.29, 0.717) is 11.5 Å². The van der Waals surface area contributed by atoms with Gasteiger partial charge in [-0.05, 0) is 24.6 Å². The topological polar surface area (TPSA) is 71.2 Å². The minimum Gasteiger partial charge on any atom is -0.408 e. The van der Waals surface area contributed by atoms with E-state index in [9.17, 15) is 13.9 Å². The van der Waals surface area contributed by atoms with Gasteiger partial charge in [-0.3, -0.25) is 0 Å². The Morgan fingerprint density at radius 1 is 1.25 bits per heavy atom. The number of aliphatic hydroxyl groups excluding tert-OH is 1. The minimum atomic E-state index is -0.858. The predicted molar refractivity (Wildman–Crippen MR) is 68.2 cm³/mol. The maximum absolute atomic E-state index is 13.1. The first-order valence-electron chi connectivity index (χ1n) is 6.13. The number of anilines is 1. The molecule has 1 heterocycles. The number of hydrogen-bond donors (Lipinski definition) is 2. The second-order valence-electron chi connectivity index (χ2n) is 4.61. The van der Waals surface area contributed by atoms with Crippen LogP contribution in [0.25, 0.3) is 0 Å². The lowest BCUT2D eigenvalue weighted by molar-refractivity contribution is 0.157. The molecular formula is C13H15F2N3O2. The molecule has 7 heteroatoms. The van der Waals surface area contributed by atoms with Crippen LogP contribution in [0.1, 0.15) is 18.4 Å². The van der Waals surface area contributed by atoms with E-state index in [1.807, 2.05) is 0 Å². The SMILES string of the molecule is Cc1nnc(NC(C)C(O)Cc2cc(F)cc(F)c2)o1. The van der Waals surface area contributed by atoms with E-state index in [1.165, 1.54) is 12.1 Å². The van der Waals surface area contributed by atoms with Crippen molar-refractivity contribution >= 4 is 6.01 Å². The van der Waals surface area contributed by atoms with Crippen molar-refractivity contribution in [2.75, 3.05) is 5.32 Å². The van der Waals surface area contributed by atoms with Gasteiger partial charge in [-0.1, -0.05) is 5.10 Å². The lowest BCUT2D eigenvalue weighted by Crippen LogP contribution is -2.32. The first-order chi connectivity index (χ1) is 9.44. The van der Waals surface area contributed by atoms with Gasteiger partial charge in [-0.15, -0.1) is 5.10 Å². The summed E-state index contributed by atoms with van der Waals surface area (Å²) in [6.45, 7) is 3.36. The van der Waals surface area contributed by atoms with Crippen molar-refractivity contribution in [2.45, 2.75) is 32.4 Å². The molecule has 2 unspecified atom stereocenters. The molecule has 2 N–H and O–H groups in total. The highest BCUT2D eigenvalue weighted by atomic mass is 19.1. The molecule has 0 saturated heterocycles. The molecule has 1 aromatic carbocycles. The fourth-order valence-corrected chi connectivity index (χ4v) is 1.79. The van der Waals surface area contributed by atoms with Gasteiger partial charge in [-0.2, -0.15) is 0 Å². The lowest BCUT2D eigenvalue weighted by atomic mass is 10.0. The standard InChI is InChI=1S/C13H15F2N3O2/c1-7(16-13-18-17-8(2)20-13)12(19)5-9-3-10(14)6-11(15)4-9/h3-4,6-7,12,19H,5H2,1-2H3,(H,16,18). The lowest BCUT2D eigenvalue weighted by Gasteiger charge is -2.19. The van der Waals surface area contributed by atoms with Gasteiger partial charge in [0.2, 0.25) is 5.89 Å². The van der Waals surface area contributed by atoms with Crippen LogP contribution in [0.5, 0.6) is 0 Å². The van der Waals surface area contributed by atoms with Crippen molar-refractivity contribution in [1.82, 2.24) is 10.2 Å². The van der Waals surface area contributed by atoms with E-state index >= 15 is 0 Å². The molecule has 0 aliphatic carbocycles. The van der Waals surface area contributed by atoms with Crippen LogP contribution in [0.3, 0.4) is 0 Å². The molecule has 1 aromatic heterocycles. The van der Waals surface area contributed by atoms with E-state index in [4.69, 9.17) is 4.42 Å². The third kappa shape index (κ3) is 3.74. The van der Waals surface area contributed by atoms with Crippen molar-refractivity contribution in [3.05, 3.63) is 41.3 Å². The van der Waals surface area contributed by atoms with Crippen LogP contribution in [-0.4, -0.2) is 27.4 Å². The quantitative estimate of drug-likeness (QED) is 0.879. The van der Waals surface area contributed by atoms with Crippen LogP contribution in [-0.2, 0) is 6.42 Å². The molecule has 0 radical (unpaired) electrons. The van der Waals surface area contributed by atoms with Gasteiger partial charge >= 0.3 is 6.01 Å². The molecule has 0 fully saturated rings. The van der Waals surface area contributed by atoms with E-state index < -0.39 is 23.8 Å². The Bertz CT molecular complexity index is 568. The van der Waals surface area contributed by atoms with Crippen LogP contribution < -0.4 is 5.32 Å². The monoisotopic (exact) mass is 283 g/mol. The van der Waals surface area contributed by atoms with Gasteiger partial charge < -0.3 is 14.8 Å². The Labute approximate surface area is 114 Å². The third-order valence-electron chi connectivity index (χ3n) is 2.82. The van der Waals surface area contributed by atoms with Crippen molar-refractivity contribution in [1.29, 1.82) is 0 Å². The normalized spacial score (nSPS) is 14.1. The van der Waals surface area contributed by atoms with Crippen molar-refractivity contribution < 1.29 is 18.3 Å². The summed E-state index contributed by atoms with van der Waals surface area (Å²) in [5, 5.41) is 20.2. The summed E-state index contributed by atoms with van der Waals surface area (Å²) in [5.41, 5.74) is 0.380. The number of hydrogen-bond acceptors (Lipinski definition) is 5.